The Morgan fingerprint density at radius 1 is 1.15 bits per heavy atom. The molecule has 0 aliphatic heterocycles. The highest BCUT2D eigenvalue weighted by Gasteiger charge is 2.20. The number of urea groups is 1. The summed E-state index contributed by atoms with van der Waals surface area (Å²) in [6, 6.07) is 8.52. The van der Waals surface area contributed by atoms with Crippen molar-refractivity contribution in [2.75, 3.05) is 26.7 Å². The normalized spacial score (nSPS) is 11.7. The average Bonchev–Trinajstić information content (AvgIpc) is 2.44. The zero-order valence-electron chi connectivity index (χ0n) is 11.6. The Labute approximate surface area is 118 Å². The van der Waals surface area contributed by atoms with Gasteiger partial charge in [-0.2, -0.15) is 0 Å². The van der Waals surface area contributed by atoms with Crippen LogP contribution in [0, 0.1) is 0 Å². The van der Waals surface area contributed by atoms with Crippen LogP contribution in [0.15, 0.2) is 30.3 Å². The maximum absolute atomic E-state index is 11.5. The minimum atomic E-state index is -0.952. The molecule has 6 nitrogen and oxygen atoms in total. The maximum Gasteiger partial charge on any atom is 0.314 e. The molecule has 1 rings (SSSR count). The van der Waals surface area contributed by atoms with Crippen LogP contribution in [-0.4, -0.2) is 43.8 Å². The van der Waals surface area contributed by atoms with Gasteiger partial charge in [0.2, 0.25) is 0 Å². The molecule has 4 N–H and O–H groups in total. The van der Waals surface area contributed by atoms with Crippen molar-refractivity contribution in [1.82, 2.24) is 16.0 Å². The highest BCUT2D eigenvalue weighted by atomic mass is 16.4. The predicted molar refractivity (Wildman–Crippen MR) is 76.8 cm³/mol. The van der Waals surface area contributed by atoms with E-state index in [1.807, 2.05) is 13.1 Å². The number of carbonyl (C=O) groups is 2. The molecule has 0 spiro atoms. The van der Waals surface area contributed by atoms with E-state index in [1.165, 1.54) is 0 Å². The Kier molecular flexibility index (Phi) is 7.13. The number of hydrogen-bond acceptors (Lipinski definition) is 3. The minimum Gasteiger partial charge on any atom is -0.481 e. The highest BCUT2D eigenvalue weighted by Crippen LogP contribution is 2.14. The average molecular weight is 279 g/mol. The molecular formula is C14H21N3O3. The summed E-state index contributed by atoms with van der Waals surface area (Å²) in [5.41, 5.74) is 0.676. The number of carboxylic acids is 1. The van der Waals surface area contributed by atoms with Crippen LogP contribution >= 0.6 is 0 Å². The number of hydrogen-bond donors (Lipinski definition) is 4. The summed E-state index contributed by atoms with van der Waals surface area (Å²) in [7, 11) is 1.84. The van der Waals surface area contributed by atoms with Gasteiger partial charge in [0, 0.05) is 13.1 Å². The van der Waals surface area contributed by atoms with Gasteiger partial charge in [0.1, 0.15) is 0 Å². The molecule has 20 heavy (non-hydrogen) atoms. The van der Waals surface area contributed by atoms with Crippen molar-refractivity contribution in [3.63, 3.8) is 0 Å². The second-order valence-electron chi connectivity index (χ2n) is 4.40. The first kappa shape index (κ1) is 16.0. The van der Waals surface area contributed by atoms with Crippen molar-refractivity contribution in [1.29, 1.82) is 0 Å². The lowest BCUT2D eigenvalue weighted by atomic mass is 9.99. The van der Waals surface area contributed by atoms with Crippen molar-refractivity contribution in [3.8, 4) is 0 Å². The van der Waals surface area contributed by atoms with Gasteiger partial charge < -0.3 is 21.1 Å². The Morgan fingerprint density at radius 2 is 1.85 bits per heavy atom. The molecule has 0 radical (unpaired) electrons. The van der Waals surface area contributed by atoms with Gasteiger partial charge in [-0.05, 0) is 25.6 Å². The molecule has 1 unspecified atom stereocenters. The van der Waals surface area contributed by atoms with Gasteiger partial charge in [0.15, 0.2) is 0 Å². The minimum absolute atomic E-state index is 0.0667. The topological polar surface area (TPSA) is 90.5 Å². The summed E-state index contributed by atoms with van der Waals surface area (Å²) >= 11 is 0. The van der Waals surface area contributed by atoms with Crippen LogP contribution in [0.3, 0.4) is 0 Å². The fourth-order valence-corrected chi connectivity index (χ4v) is 1.76. The van der Waals surface area contributed by atoms with Crippen molar-refractivity contribution < 1.29 is 14.7 Å². The van der Waals surface area contributed by atoms with Crippen LogP contribution in [0.4, 0.5) is 4.79 Å². The lowest BCUT2D eigenvalue weighted by Crippen LogP contribution is -2.40. The summed E-state index contributed by atoms with van der Waals surface area (Å²) < 4.78 is 0. The molecule has 0 bridgehead atoms. The van der Waals surface area contributed by atoms with Gasteiger partial charge >= 0.3 is 12.0 Å². The smallest absolute Gasteiger partial charge is 0.314 e. The number of aliphatic carboxylic acids is 1. The second kappa shape index (κ2) is 8.92. The molecule has 0 aromatic heterocycles. The van der Waals surface area contributed by atoms with E-state index in [-0.39, 0.29) is 12.6 Å². The molecule has 0 saturated carbocycles. The van der Waals surface area contributed by atoms with E-state index in [0.29, 0.717) is 12.1 Å². The number of nitrogens with one attached hydrogen (secondary N) is 3. The zero-order chi connectivity index (χ0) is 14.8. The molecule has 6 heteroatoms. The Bertz CT molecular complexity index is 423. The van der Waals surface area contributed by atoms with Crippen molar-refractivity contribution >= 4 is 12.0 Å². The fourth-order valence-electron chi connectivity index (χ4n) is 1.76. The molecule has 1 aromatic carbocycles. The SMILES string of the molecule is CNCCCNC(=O)NCC(C(=O)O)c1ccccc1. The second-order valence-corrected chi connectivity index (χ2v) is 4.40. The van der Waals surface area contributed by atoms with E-state index in [4.69, 9.17) is 0 Å². The predicted octanol–water partition coefficient (Wildman–Crippen LogP) is 0.764. The molecule has 110 valence electrons. The van der Waals surface area contributed by atoms with Gasteiger partial charge in [-0.15, -0.1) is 0 Å². The third-order valence-corrected chi connectivity index (χ3v) is 2.86. The van der Waals surface area contributed by atoms with E-state index in [9.17, 15) is 14.7 Å². The quantitative estimate of drug-likeness (QED) is 0.529. The van der Waals surface area contributed by atoms with Crippen LogP contribution in [0.2, 0.25) is 0 Å². The third-order valence-electron chi connectivity index (χ3n) is 2.86. The molecule has 0 heterocycles. The standard InChI is InChI=1S/C14H21N3O3/c1-15-8-5-9-16-14(20)17-10-12(13(18)19)11-6-3-2-4-7-11/h2-4,6-7,12,15H,5,8-10H2,1H3,(H,18,19)(H2,16,17,20). The summed E-state index contributed by atoms with van der Waals surface area (Å²) in [4.78, 5) is 22.8. The van der Waals surface area contributed by atoms with Crippen LogP contribution < -0.4 is 16.0 Å². The molecule has 2 amide bonds. The van der Waals surface area contributed by atoms with E-state index < -0.39 is 11.9 Å². The van der Waals surface area contributed by atoms with E-state index in [2.05, 4.69) is 16.0 Å². The first-order valence-electron chi connectivity index (χ1n) is 6.59. The van der Waals surface area contributed by atoms with E-state index in [1.54, 1.807) is 24.3 Å². The zero-order valence-corrected chi connectivity index (χ0v) is 11.6. The Hall–Kier alpha value is -2.08. The lowest BCUT2D eigenvalue weighted by molar-refractivity contribution is -0.138. The number of carbonyl (C=O) groups excluding carboxylic acids is 1. The molecule has 0 aliphatic rings. The lowest BCUT2D eigenvalue weighted by Gasteiger charge is -2.14. The van der Waals surface area contributed by atoms with Gasteiger partial charge in [-0.25, -0.2) is 4.79 Å². The monoisotopic (exact) mass is 279 g/mol. The maximum atomic E-state index is 11.5. The summed E-state index contributed by atoms with van der Waals surface area (Å²) in [6.45, 7) is 1.44. The highest BCUT2D eigenvalue weighted by molar-refractivity contribution is 5.79. The van der Waals surface area contributed by atoms with Crippen LogP contribution in [0.1, 0.15) is 17.9 Å². The summed E-state index contributed by atoms with van der Waals surface area (Å²) in [5, 5.41) is 17.5. The molecule has 0 aliphatic carbocycles. The number of amides is 2. The molecule has 1 atom stereocenters. The van der Waals surface area contributed by atoms with Gasteiger partial charge in [-0.3, -0.25) is 4.79 Å². The van der Waals surface area contributed by atoms with Crippen LogP contribution in [0.5, 0.6) is 0 Å². The fraction of sp³-hybridized carbons (Fsp3) is 0.429. The van der Waals surface area contributed by atoms with E-state index in [0.717, 1.165) is 13.0 Å². The van der Waals surface area contributed by atoms with Crippen LogP contribution in [0.25, 0.3) is 0 Å². The first-order chi connectivity index (χ1) is 9.65. The third kappa shape index (κ3) is 5.71. The van der Waals surface area contributed by atoms with Gasteiger partial charge in [0.25, 0.3) is 0 Å². The summed E-state index contributed by atoms with van der Waals surface area (Å²) in [5.74, 6) is -1.69. The summed E-state index contributed by atoms with van der Waals surface area (Å²) in [6.07, 6.45) is 0.824. The number of rotatable bonds is 8. The van der Waals surface area contributed by atoms with E-state index >= 15 is 0 Å². The molecule has 1 aromatic rings. The Morgan fingerprint density at radius 3 is 2.45 bits per heavy atom. The van der Waals surface area contributed by atoms with Crippen molar-refractivity contribution in [2.45, 2.75) is 12.3 Å². The van der Waals surface area contributed by atoms with Gasteiger partial charge in [-0.1, -0.05) is 30.3 Å². The molecular weight excluding hydrogens is 258 g/mol. The van der Waals surface area contributed by atoms with Crippen LogP contribution in [-0.2, 0) is 4.79 Å². The Balaban J connectivity index is 2.40. The largest absolute Gasteiger partial charge is 0.481 e. The number of benzene rings is 1. The molecule has 0 saturated heterocycles. The number of carboxylic acid groups (broad SMARTS) is 1. The van der Waals surface area contributed by atoms with Gasteiger partial charge in [0.05, 0.1) is 5.92 Å². The van der Waals surface area contributed by atoms with Crippen molar-refractivity contribution in [3.05, 3.63) is 35.9 Å². The molecule has 0 fully saturated rings. The van der Waals surface area contributed by atoms with Crippen molar-refractivity contribution in [2.24, 2.45) is 0 Å². The first-order valence-corrected chi connectivity index (χ1v) is 6.59.